The number of halogens is 1. The number of esters is 2. The molecule has 2 fully saturated rings. The van der Waals surface area contributed by atoms with Gasteiger partial charge in [0, 0.05) is 19.3 Å². The van der Waals surface area contributed by atoms with Crippen molar-refractivity contribution in [1.29, 1.82) is 0 Å². The van der Waals surface area contributed by atoms with Gasteiger partial charge in [-0.25, -0.2) is 4.98 Å². The largest absolute Gasteiger partial charge is 0.455 e. The predicted octanol–water partition coefficient (Wildman–Crippen LogP) is 9.83. The highest BCUT2D eigenvalue weighted by Crippen LogP contribution is 2.66. The van der Waals surface area contributed by atoms with Crippen molar-refractivity contribution in [3.63, 3.8) is 0 Å². The maximum atomic E-state index is 14.1. The Balaban J connectivity index is 1.25. The summed E-state index contributed by atoms with van der Waals surface area (Å²) in [5.74, 6) is -0.700. The molecule has 50 heavy (non-hydrogen) atoms. The van der Waals surface area contributed by atoms with Gasteiger partial charge in [0.05, 0.1) is 6.33 Å². The third-order valence-corrected chi connectivity index (χ3v) is 10.8. The van der Waals surface area contributed by atoms with Gasteiger partial charge in [0.2, 0.25) is 0 Å². The fraction of sp³-hybridized carbons (Fsp3) is 0.821. The van der Waals surface area contributed by atoms with Gasteiger partial charge < -0.3 is 19.9 Å². The van der Waals surface area contributed by atoms with Crippen LogP contribution in [0.15, 0.2) is 6.33 Å². The molecule has 2 N–H and O–H groups in total. The molecule has 2 aromatic rings. The molecule has 1 unspecified atom stereocenters. The van der Waals surface area contributed by atoms with E-state index in [4.69, 9.17) is 19.9 Å². The lowest BCUT2D eigenvalue weighted by Gasteiger charge is -2.21. The zero-order valence-electron chi connectivity index (χ0n) is 31.2. The summed E-state index contributed by atoms with van der Waals surface area (Å²) in [5.41, 5.74) is 4.14. The standard InChI is InChI=1S/C39H64FN5O5/c1-4-6-8-10-12-14-16-18-20-22-24-26-31(46)48-36-38(3)39(36,50-32(47)27-25-23-21-19-17-15-13-11-9-7-5-2)28-30(49-38)45-29-42-33-34(41)43-37(40)44-35(33)45/h29-30,36H,4-28H2,1-3H3,(H2,41,43,44)/t30-,36?,38-,39-/m1/s1. The fourth-order valence-corrected chi connectivity index (χ4v) is 7.64. The van der Waals surface area contributed by atoms with Crippen molar-refractivity contribution in [3.8, 4) is 0 Å². The third kappa shape index (κ3) is 10.8. The molecule has 1 saturated heterocycles. The highest BCUT2D eigenvalue weighted by Gasteiger charge is 2.86. The highest BCUT2D eigenvalue weighted by atomic mass is 19.1. The van der Waals surface area contributed by atoms with Crippen LogP contribution in [0, 0.1) is 6.08 Å². The first-order valence-corrected chi connectivity index (χ1v) is 20.0. The first-order chi connectivity index (χ1) is 24.3. The van der Waals surface area contributed by atoms with Crippen LogP contribution in [0.5, 0.6) is 0 Å². The van der Waals surface area contributed by atoms with E-state index in [1.54, 1.807) is 4.57 Å². The van der Waals surface area contributed by atoms with Crippen molar-refractivity contribution in [3.05, 3.63) is 12.4 Å². The Bertz CT molecular complexity index is 1340. The number of nitrogen functional groups attached to an aromatic ring is 1. The number of anilines is 1. The number of hydrogen-bond acceptors (Lipinski definition) is 9. The van der Waals surface area contributed by atoms with Crippen molar-refractivity contribution in [2.24, 2.45) is 0 Å². The summed E-state index contributed by atoms with van der Waals surface area (Å²) < 4.78 is 34.2. The molecule has 2 aliphatic rings. The van der Waals surface area contributed by atoms with Gasteiger partial charge in [-0.15, -0.1) is 0 Å². The molecule has 0 bridgehead atoms. The molecule has 11 heteroatoms. The van der Waals surface area contributed by atoms with E-state index in [1.807, 2.05) is 6.92 Å². The summed E-state index contributed by atoms with van der Waals surface area (Å²) >= 11 is 0. The van der Waals surface area contributed by atoms with Gasteiger partial charge in [-0.05, 0) is 19.8 Å². The minimum atomic E-state index is -1.15. The molecular weight excluding hydrogens is 637 g/mol. The summed E-state index contributed by atoms with van der Waals surface area (Å²) in [4.78, 5) is 37.9. The van der Waals surface area contributed by atoms with E-state index in [2.05, 4.69) is 28.8 Å². The second-order valence-corrected chi connectivity index (χ2v) is 14.9. The lowest BCUT2D eigenvalue weighted by molar-refractivity contribution is -0.161. The number of ether oxygens (including phenoxy) is 3. The van der Waals surface area contributed by atoms with Crippen molar-refractivity contribution in [1.82, 2.24) is 19.5 Å². The number of nitrogens with zero attached hydrogens (tertiary/aromatic N) is 4. The van der Waals surface area contributed by atoms with Crippen LogP contribution in [0.4, 0.5) is 10.2 Å². The molecular formula is C39H64FN5O5. The van der Waals surface area contributed by atoms with Crippen molar-refractivity contribution in [2.45, 2.75) is 205 Å². The zero-order chi connectivity index (χ0) is 35.8. The van der Waals surface area contributed by atoms with Crippen LogP contribution >= 0.6 is 0 Å². The van der Waals surface area contributed by atoms with Crippen LogP contribution in [-0.4, -0.2) is 48.8 Å². The predicted molar refractivity (Wildman–Crippen MR) is 194 cm³/mol. The van der Waals surface area contributed by atoms with Crippen LogP contribution in [0.2, 0.25) is 0 Å². The number of aromatic nitrogens is 4. The Kier molecular flexibility index (Phi) is 16.2. The second kappa shape index (κ2) is 20.3. The average Bonchev–Trinajstić information content (AvgIpc) is 3.38. The van der Waals surface area contributed by atoms with E-state index in [0.717, 1.165) is 38.5 Å². The number of unbranched alkanes of at least 4 members (excludes halogenated alkanes) is 20. The van der Waals surface area contributed by atoms with Gasteiger partial charge in [-0.2, -0.15) is 14.4 Å². The van der Waals surface area contributed by atoms with Crippen molar-refractivity contribution < 1.29 is 28.2 Å². The smallest absolute Gasteiger partial charge is 0.312 e. The molecule has 1 saturated carbocycles. The minimum absolute atomic E-state index is 0.0667. The molecule has 0 radical (unpaired) electrons. The van der Waals surface area contributed by atoms with Gasteiger partial charge in [-0.3, -0.25) is 14.2 Å². The molecule has 1 aliphatic heterocycles. The number of imidazole rings is 1. The van der Waals surface area contributed by atoms with E-state index >= 15 is 0 Å². The molecule has 2 aromatic heterocycles. The van der Waals surface area contributed by atoms with Crippen LogP contribution < -0.4 is 5.73 Å². The van der Waals surface area contributed by atoms with E-state index < -0.39 is 29.6 Å². The fourth-order valence-electron chi connectivity index (χ4n) is 7.64. The van der Waals surface area contributed by atoms with Crippen molar-refractivity contribution in [2.75, 3.05) is 5.73 Å². The van der Waals surface area contributed by atoms with Gasteiger partial charge in [0.25, 0.3) is 0 Å². The Labute approximate surface area is 299 Å². The zero-order valence-corrected chi connectivity index (χ0v) is 31.2. The number of rotatable bonds is 27. The summed E-state index contributed by atoms with van der Waals surface area (Å²) in [6.07, 6.45) is 26.2. The number of carbonyl (C=O) groups is 2. The average molecular weight is 702 g/mol. The number of nitrogens with two attached hydrogens (primary N) is 1. The number of fused-ring (bicyclic) bond motifs is 2. The summed E-state index contributed by atoms with van der Waals surface area (Å²) in [5, 5.41) is 0. The number of hydrogen-bond donors (Lipinski definition) is 1. The van der Waals surface area contributed by atoms with Gasteiger partial charge in [-0.1, -0.05) is 142 Å². The first-order valence-electron chi connectivity index (χ1n) is 20.0. The van der Waals surface area contributed by atoms with Crippen molar-refractivity contribution >= 4 is 28.9 Å². The third-order valence-electron chi connectivity index (χ3n) is 10.8. The maximum absolute atomic E-state index is 14.1. The Morgan fingerprint density at radius 3 is 1.80 bits per heavy atom. The molecule has 4 rings (SSSR count). The van der Waals surface area contributed by atoms with Gasteiger partial charge in [0.15, 0.2) is 34.3 Å². The molecule has 3 heterocycles. The van der Waals surface area contributed by atoms with Gasteiger partial charge >= 0.3 is 18.0 Å². The summed E-state index contributed by atoms with van der Waals surface area (Å²) in [6.45, 7) is 6.29. The van der Waals surface area contributed by atoms with E-state index in [0.29, 0.717) is 12.8 Å². The molecule has 0 spiro atoms. The van der Waals surface area contributed by atoms with E-state index in [1.165, 1.54) is 109 Å². The lowest BCUT2D eigenvalue weighted by atomic mass is 10.1. The maximum Gasteiger partial charge on any atom is 0.312 e. The Morgan fingerprint density at radius 1 is 0.800 bits per heavy atom. The summed E-state index contributed by atoms with van der Waals surface area (Å²) in [7, 11) is 0. The lowest BCUT2D eigenvalue weighted by Crippen LogP contribution is -2.28. The van der Waals surface area contributed by atoms with Crippen LogP contribution in [0.25, 0.3) is 11.2 Å². The normalized spacial score (nSPS) is 22.6. The Hall–Kier alpha value is -2.82. The summed E-state index contributed by atoms with van der Waals surface area (Å²) in [6, 6.07) is 0. The van der Waals surface area contributed by atoms with Crippen LogP contribution in [0.1, 0.15) is 188 Å². The molecule has 0 amide bonds. The first kappa shape index (κ1) is 40.0. The van der Waals surface area contributed by atoms with Crippen LogP contribution in [0.3, 0.4) is 0 Å². The molecule has 4 atom stereocenters. The minimum Gasteiger partial charge on any atom is -0.455 e. The van der Waals surface area contributed by atoms with Crippen LogP contribution in [-0.2, 0) is 23.8 Å². The number of carbonyl (C=O) groups excluding carboxylic acids is 2. The highest BCUT2D eigenvalue weighted by molar-refractivity contribution is 5.81. The second-order valence-electron chi connectivity index (χ2n) is 14.9. The monoisotopic (exact) mass is 701 g/mol. The molecule has 1 aliphatic carbocycles. The Morgan fingerprint density at radius 2 is 1.28 bits per heavy atom. The van der Waals surface area contributed by atoms with Gasteiger partial charge in [0.1, 0.15) is 6.23 Å². The van der Waals surface area contributed by atoms with E-state index in [9.17, 15) is 14.0 Å². The molecule has 10 nitrogen and oxygen atoms in total. The van der Waals surface area contributed by atoms with E-state index in [-0.39, 0.29) is 35.3 Å². The quantitative estimate of drug-likeness (QED) is 0.0549. The SMILES string of the molecule is CCCCCCCCCCCCCC(=O)OC1[C@@]2(C)O[C@@H](n3cnc4c(N)nc(F)nc43)C[C@@]12OC(=O)CCCCCCCCCCCCC. The molecule has 282 valence electrons. The molecule has 0 aromatic carbocycles. The topological polar surface area (TPSA) is 131 Å².